The molecule has 3 heterocycles. The quantitative estimate of drug-likeness (QED) is 0.251. The smallest absolute Gasteiger partial charge is 0.255 e. The summed E-state index contributed by atoms with van der Waals surface area (Å²) >= 11 is 0. The van der Waals surface area contributed by atoms with Crippen molar-refractivity contribution in [3.8, 4) is 17.0 Å². The second kappa shape index (κ2) is 10.7. The zero-order chi connectivity index (χ0) is 24.7. The lowest BCUT2D eigenvalue weighted by Crippen LogP contribution is -2.26. The molecule has 36 heavy (non-hydrogen) atoms. The maximum absolute atomic E-state index is 13.5. The van der Waals surface area contributed by atoms with Crippen molar-refractivity contribution in [1.29, 1.82) is 0 Å². The Kier molecular flexibility index (Phi) is 6.88. The number of fused-ring (bicyclic) bond motifs is 1. The van der Waals surface area contributed by atoms with Crippen LogP contribution in [0.4, 0.5) is 4.39 Å². The lowest BCUT2D eigenvalue weighted by atomic mass is 10.1. The minimum atomic E-state index is -0.780. The number of nitrogens with zero attached hydrogens (tertiary/aromatic N) is 5. The van der Waals surface area contributed by atoms with Crippen LogP contribution >= 0.6 is 0 Å². The summed E-state index contributed by atoms with van der Waals surface area (Å²) < 4.78 is 21.1. The molecule has 0 unspecified atom stereocenters. The predicted molar refractivity (Wildman–Crippen MR) is 132 cm³/mol. The van der Waals surface area contributed by atoms with Gasteiger partial charge in [-0.3, -0.25) is 4.79 Å². The molecule has 0 atom stereocenters. The summed E-state index contributed by atoms with van der Waals surface area (Å²) in [4.78, 5) is 15.5. The molecule has 0 aliphatic heterocycles. The van der Waals surface area contributed by atoms with Gasteiger partial charge in [0.1, 0.15) is 5.75 Å². The van der Waals surface area contributed by atoms with Gasteiger partial charge in [-0.05, 0) is 48.4 Å². The SMILES string of the molecule is O=C(NCCCOc1ccc(Cc2nnc3ccc(-c4ccccc4)nn23)cc1)c1cccnc1F. The highest BCUT2D eigenvalue weighted by Crippen LogP contribution is 2.19. The number of hydrogen-bond donors (Lipinski definition) is 1. The summed E-state index contributed by atoms with van der Waals surface area (Å²) in [7, 11) is 0. The van der Waals surface area contributed by atoms with Crippen LogP contribution in [-0.2, 0) is 6.42 Å². The lowest BCUT2D eigenvalue weighted by Gasteiger charge is -2.08. The Labute approximate surface area is 206 Å². The molecule has 2 aromatic carbocycles. The number of benzene rings is 2. The van der Waals surface area contributed by atoms with Crippen molar-refractivity contribution in [2.24, 2.45) is 0 Å². The monoisotopic (exact) mass is 482 g/mol. The van der Waals surface area contributed by atoms with E-state index in [1.54, 1.807) is 4.52 Å². The van der Waals surface area contributed by atoms with Crippen molar-refractivity contribution < 1.29 is 13.9 Å². The van der Waals surface area contributed by atoms with Crippen LogP contribution in [0.15, 0.2) is 85.1 Å². The zero-order valence-corrected chi connectivity index (χ0v) is 19.3. The summed E-state index contributed by atoms with van der Waals surface area (Å²) in [6.07, 6.45) is 2.46. The molecule has 0 saturated carbocycles. The van der Waals surface area contributed by atoms with E-state index in [0.717, 1.165) is 28.4 Å². The number of carbonyl (C=O) groups is 1. The number of halogens is 1. The van der Waals surface area contributed by atoms with Crippen LogP contribution < -0.4 is 10.1 Å². The van der Waals surface area contributed by atoms with Crippen molar-refractivity contribution >= 4 is 11.6 Å². The van der Waals surface area contributed by atoms with Gasteiger partial charge in [0, 0.05) is 24.7 Å². The van der Waals surface area contributed by atoms with Gasteiger partial charge in [0.2, 0.25) is 5.95 Å². The number of rotatable bonds is 9. The van der Waals surface area contributed by atoms with Crippen LogP contribution in [0.5, 0.6) is 5.75 Å². The molecule has 0 radical (unpaired) electrons. The minimum absolute atomic E-state index is 0.0686. The van der Waals surface area contributed by atoms with Crippen LogP contribution in [0.3, 0.4) is 0 Å². The third kappa shape index (κ3) is 5.35. The van der Waals surface area contributed by atoms with E-state index in [9.17, 15) is 9.18 Å². The Bertz CT molecular complexity index is 1470. The van der Waals surface area contributed by atoms with E-state index in [1.807, 2.05) is 66.7 Å². The highest BCUT2D eigenvalue weighted by Gasteiger charge is 2.12. The summed E-state index contributed by atoms with van der Waals surface area (Å²) in [6.45, 7) is 0.777. The van der Waals surface area contributed by atoms with Crippen LogP contribution in [-0.4, -0.2) is 43.9 Å². The van der Waals surface area contributed by atoms with E-state index >= 15 is 0 Å². The molecule has 5 rings (SSSR count). The van der Waals surface area contributed by atoms with Gasteiger partial charge in [-0.15, -0.1) is 10.2 Å². The Morgan fingerprint density at radius 1 is 0.944 bits per heavy atom. The maximum atomic E-state index is 13.5. The van der Waals surface area contributed by atoms with Gasteiger partial charge >= 0.3 is 0 Å². The van der Waals surface area contributed by atoms with Crippen LogP contribution in [0.25, 0.3) is 16.9 Å². The number of nitrogens with one attached hydrogen (secondary N) is 1. The number of carbonyl (C=O) groups excluding carboxylic acids is 1. The topological polar surface area (TPSA) is 94.3 Å². The van der Waals surface area contributed by atoms with E-state index in [0.29, 0.717) is 31.6 Å². The molecule has 0 spiro atoms. The van der Waals surface area contributed by atoms with Crippen molar-refractivity contribution in [2.75, 3.05) is 13.2 Å². The fourth-order valence-corrected chi connectivity index (χ4v) is 3.71. The highest BCUT2D eigenvalue weighted by molar-refractivity contribution is 5.94. The summed E-state index contributed by atoms with van der Waals surface area (Å²) in [5, 5.41) is 15.9. The highest BCUT2D eigenvalue weighted by atomic mass is 19.1. The van der Waals surface area contributed by atoms with E-state index in [2.05, 4.69) is 20.5 Å². The molecular formula is C27H23FN6O2. The zero-order valence-electron chi connectivity index (χ0n) is 19.3. The van der Waals surface area contributed by atoms with Crippen LogP contribution in [0, 0.1) is 5.95 Å². The molecule has 3 aromatic heterocycles. The summed E-state index contributed by atoms with van der Waals surface area (Å²) in [5.74, 6) is 0.199. The first-order valence-electron chi connectivity index (χ1n) is 11.5. The molecule has 9 heteroatoms. The second-order valence-corrected chi connectivity index (χ2v) is 8.09. The molecule has 0 aliphatic carbocycles. The van der Waals surface area contributed by atoms with E-state index in [1.165, 1.54) is 18.3 Å². The number of amides is 1. The average Bonchev–Trinajstić information content (AvgIpc) is 3.32. The second-order valence-electron chi connectivity index (χ2n) is 8.09. The van der Waals surface area contributed by atoms with E-state index in [-0.39, 0.29) is 5.56 Å². The van der Waals surface area contributed by atoms with E-state index in [4.69, 9.17) is 9.84 Å². The number of aromatic nitrogens is 5. The normalized spacial score (nSPS) is 10.9. The standard InChI is InChI=1S/C27H23FN6O2/c28-26-22(8-4-15-29-26)27(35)30-16-5-17-36-21-11-9-19(10-12-21)18-25-32-31-24-14-13-23(33-34(24)25)20-6-2-1-3-7-20/h1-4,6-15H,5,16-18H2,(H,30,35). The molecule has 0 aliphatic rings. The maximum Gasteiger partial charge on any atom is 0.255 e. The largest absolute Gasteiger partial charge is 0.494 e. The van der Waals surface area contributed by atoms with Crippen molar-refractivity contribution in [3.05, 3.63) is 108 Å². The molecule has 0 saturated heterocycles. The molecule has 8 nitrogen and oxygen atoms in total. The minimum Gasteiger partial charge on any atom is -0.494 e. The Morgan fingerprint density at radius 2 is 1.78 bits per heavy atom. The van der Waals surface area contributed by atoms with Gasteiger partial charge < -0.3 is 10.1 Å². The molecule has 180 valence electrons. The average molecular weight is 483 g/mol. The third-order valence-corrected chi connectivity index (χ3v) is 5.56. The number of hydrogen-bond acceptors (Lipinski definition) is 6. The van der Waals surface area contributed by atoms with Gasteiger partial charge in [-0.2, -0.15) is 14.0 Å². The third-order valence-electron chi connectivity index (χ3n) is 5.56. The first kappa shape index (κ1) is 23.1. The molecule has 0 fully saturated rings. The first-order chi connectivity index (χ1) is 17.7. The van der Waals surface area contributed by atoms with Crippen molar-refractivity contribution in [1.82, 2.24) is 30.1 Å². The van der Waals surface area contributed by atoms with Gasteiger partial charge in [0.15, 0.2) is 11.5 Å². The number of pyridine rings is 1. The van der Waals surface area contributed by atoms with E-state index < -0.39 is 11.9 Å². The first-order valence-corrected chi connectivity index (χ1v) is 11.5. The van der Waals surface area contributed by atoms with Crippen molar-refractivity contribution in [3.63, 3.8) is 0 Å². The summed E-state index contributed by atoms with van der Waals surface area (Å²) in [5.41, 5.74) is 3.57. The fourth-order valence-electron chi connectivity index (χ4n) is 3.71. The Morgan fingerprint density at radius 3 is 2.58 bits per heavy atom. The fraction of sp³-hybridized carbons (Fsp3) is 0.148. The molecule has 1 amide bonds. The number of ether oxygens (including phenoxy) is 1. The van der Waals surface area contributed by atoms with Crippen LogP contribution in [0.2, 0.25) is 0 Å². The predicted octanol–water partition coefficient (Wildman–Crippen LogP) is 4.12. The van der Waals surface area contributed by atoms with Gasteiger partial charge in [-0.1, -0.05) is 42.5 Å². The molecular weight excluding hydrogens is 459 g/mol. The summed E-state index contributed by atoms with van der Waals surface area (Å²) in [6, 6.07) is 24.5. The molecule has 1 N–H and O–H groups in total. The van der Waals surface area contributed by atoms with Crippen LogP contribution in [0.1, 0.15) is 28.2 Å². The lowest BCUT2D eigenvalue weighted by molar-refractivity contribution is 0.0946. The van der Waals surface area contributed by atoms with Gasteiger partial charge in [-0.25, -0.2) is 4.98 Å². The van der Waals surface area contributed by atoms with Gasteiger partial charge in [0.25, 0.3) is 5.91 Å². The molecule has 0 bridgehead atoms. The Hall–Kier alpha value is -4.66. The van der Waals surface area contributed by atoms with Gasteiger partial charge in [0.05, 0.1) is 17.9 Å². The van der Waals surface area contributed by atoms with Crippen molar-refractivity contribution in [2.45, 2.75) is 12.8 Å². The molecule has 5 aromatic rings. The Balaban J connectivity index is 1.14.